The third-order valence-electron chi connectivity index (χ3n) is 2.92. The first-order valence-corrected chi connectivity index (χ1v) is 6.80. The van der Waals surface area contributed by atoms with Gasteiger partial charge in [-0.05, 0) is 39.7 Å². The van der Waals surface area contributed by atoms with Crippen molar-refractivity contribution in [3.8, 4) is 11.5 Å². The highest BCUT2D eigenvalue weighted by Crippen LogP contribution is 2.42. The summed E-state index contributed by atoms with van der Waals surface area (Å²) in [6.45, 7) is 0.328. The Morgan fingerprint density at radius 3 is 2.67 bits per heavy atom. The second kappa shape index (κ2) is 5.14. The Morgan fingerprint density at radius 2 is 1.86 bits per heavy atom. The highest BCUT2D eigenvalue weighted by atomic mass is 79.9. The van der Waals surface area contributed by atoms with Crippen molar-refractivity contribution >= 4 is 21.6 Å². The molecule has 7 heteroatoms. The van der Waals surface area contributed by atoms with Crippen LogP contribution in [0.15, 0.2) is 40.9 Å². The molecular formula is C14H9BrF3NO2. The molecule has 0 aromatic heterocycles. The normalized spacial score (nSPS) is 15.0. The molecule has 1 aliphatic heterocycles. The predicted molar refractivity (Wildman–Crippen MR) is 74.1 cm³/mol. The van der Waals surface area contributed by atoms with Crippen LogP contribution in [0.5, 0.6) is 11.5 Å². The van der Waals surface area contributed by atoms with Crippen LogP contribution < -0.4 is 14.8 Å². The topological polar surface area (TPSA) is 30.5 Å². The van der Waals surface area contributed by atoms with Crippen LogP contribution in [0.3, 0.4) is 0 Å². The molecule has 2 aromatic rings. The molecule has 0 fully saturated rings. The quantitative estimate of drug-likeness (QED) is 0.873. The Balaban J connectivity index is 1.74. The molecule has 0 saturated carbocycles. The van der Waals surface area contributed by atoms with Crippen LogP contribution in [0.1, 0.15) is 5.56 Å². The molecule has 21 heavy (non-hydrogen) atoms. The van der Waals surface area contributed by atoms with Gasteiger partial charge in [0.2, 0.25) is 0 Å². The van der Waals surface area contributed by atoms with Crippen molar-refractivity contribution < 1.29 is 22.6 Å². The Hall–Kier alpha value is -1.89. The Bertz CT molecular complexity index is 694. The van der Waals surface area contributed by atoms with Gasteiger partial charge in [-0.2, -0.15) is 0 Å². The molecule has 0 aliphatic carbocycles. The number of hydrogen-bond acceptors (Lipinski definition) is 3. The number of anilines is 1. The maximum Gasteiger partial charge on any atom is 0.586 e. The summed E-state index contributed by atoms with van der Waals surface area (Å²) in [4.78, 5) is 0. The van der Waals surface area contributed by atoms with Gasteiger partial charge in [-0.25, -0.2) is 4.39 Å². The summed E-state index contributed by atoms with van der Waals surface area (Å²) < 4.78 is 48.2. The van der Waals surface area contributed by atoms with E-state index < -0.39 is 6.29 Å². The number of hydrogen-bond donors (Lipinski definition) is 1. The van der Waals surface area contributed by atoms with Gasteiger partial charge < -0.3 is 14.8 Å². The van der Waals surface area contributed by atoms with Crippen molar-refractivity contribution in [1.29, 1.82) is 0 Å². The molecule has 0 spiro atoms. The van der Waals surface area contributed by atoms with Crippen LogP contribution in [-0.4, -0.2) is 6.29 Å². The fourth-order valence-electron chi connectivity index (χ4n) is 1.94. The lowest BCUT2D eigenvalue weighted by molar-refractivity contribution is -0.286. The van der Waals surface area contributed by atoms with E-state index in [0.717, 1.165) is 0 Å². The first-order valence-electron chi connectivity index (χ1n) is 6.01. The molecule has 1 aliphatic rings. The van der Waals surface area contributed by atoms with Gasteiger partial charge in [0.25, 0.3) is 0 Å². The van der Waals surface area contributed by atoms with E-state index in [1.165, 1.54) is 18.2 Å². The number of halogens is 4. The second-order valence-electron chi connectivity index (χ2n) is 4.40. The number of nitrogens with one attached hydrogen (secondary N) is 1. The fourth-order valence-corrected chi connectivity index (χ4v) is 2.35. The van der Waals surface area contributed by atoms with Gasteiger partial charge in [-0.3, -0.25) is 0 Å². The highest BCUT2D eigenvalue weighted by molar-refractivity contribution is 9.10. The maximum absolute atomic E-state index is 13.4. The van der Waals surface area contributed by atoms with Crippen molar-refractivity contribution in [2.45, 2.75) is 12.8 Å². The van der Waals surface area contributed by atoms with Crippen LogP contribution >= 0.6 is 15.9 Å². The monoisotopic (exact) mass is 359 g/mol. The largest absolute Gasteiger partial charge is 0.586 e. The molecule has 0 unspecified atom stereocenters. The van der Waals surface area contributed by atoms with E-state index in [-0.39, 0.29) is 17.3 Å². The van der Waals surface area contributed by atoms with E-state index in [1.54, 1.807) is 18.2 Å². The van der Waals surface area contributed by atoms with Crippen molar-refractivity contribution in [3.05, 3.63) is 52.3 Å². The number of ether oxygens (including phenoxy) is 2. The summed E-state index contributed by atoms with van der Waals surface area (Å²) in [5.41, 5.74) is 1.27. The lowest BCUT2D eigenvalue weighted by Gasteiger charge is -2.09. The summed E-state index contributed by atoms with van der Waals surface area (Å²) in [5.74, 6) is -0.416. The Morgan fingerprint density at radius 1 is 1.10 bits per heavy atom. The maximum atomic E-state index is 13.4. The van der Waals surface area contributed by atoms with Gasteiger partial charge in [0.15, 0.2) is 11.5 Å². The minimum atomic E-state index is -3.63. The minimum absolute atomic E-state index is 0.0162. The highest BCUT2D eigenvalue weighted by Gasteiger charge is 2.43. The first-order chi connectivity index (χ1) is 9.94. The first kappa shape index (κ1) is 14.1. The van der Waals surface area contributed by atoms with Gasteiger partial charge in [0.1, 0.15) is 5.82 Å². The molecule has 0 radical (unpaired) electrons. The van der Waals surface area contributed by atoms with Crippen LogP contribution in [0.25, 0.3) is 0 Å². The molecule has 1 heterocycles. The molecule has 1 N–H and O–H groups in total. The molecule has 0 atom stereocenters. The number of alkyl halides is 2. The summed E-state index contributed by atoms with van der Waals surface area (Å²) in [5, 5.41) is 3.01. The predicted octanol–water partition coefficient (Wildman–Crippen LogP) is 4.52. The lowest BCUT2D eigenvalue weighted by atomic mass is 10.2. The average molecular weight is 360 g/mol. The van der Waals surface area contributed by atoms with Crippen molar-refractivity contribution in [1.82, 2.24) is 0 Å². The third kappa shape index (κ3) is 2.92. The van der Waals surface area contributed by atoms with E-state index in [1.807, 2.05) is 0 Å². The zero-order chi connectivity index (χ0) is 15.0. The Labute approximate surface area is 126 Å². The van der Waals surface area contributed by atoms with Gasteiger partial charge in [0, 0.05) is 18.3 Å². The Kier molecular flexibility index (Phi) is 3.44. The number of fused-ring (bicyclic) bond motifs is 1. The summed E-state index contributed by atoms with van der Waals surface area (Å²) >= 11 is 3.16. The average Bonchev–Trinajstić information content (AvgIpc) is 2.73. The number of rotatable bonds is 3. The second-order valence-corrected chi connectivity index (χ2v) is 5.19. The smallest absolute Gasteiger partial charge is 0.395 e. The van der Waals surface area contributed by atoms with Crippen molar-refractivity contribution in [2.24, 2.45) is 0 Å². The summed E-state index contributed by atoms with van der Waals surface area (Å²) in [7, 11) is 0. The molecule has 0 amide bonds. The van der Waals surface area contributed by atoms with Crippen LogP contribution in [0, 0.1) is 5.82 Å². The van der Waals surface area contributed by atoms with E-state index in [4.69, 9.17) is 0 Å². The van der Waals surface area contributed by atoms with Crippen molar-refractivity contribution in [3.63, 3.8) is 0 Å². The molecule has 110 valence electrons. The zero-order valence-electron chi connectivity index (χ0n) is 10.5. The van der Waals surface area contributed by atoms with E-state index in [0.29, 0.717) is 22.3 Å². The molecule has 3 nitrogen and oxygen atoms in total. The van der Waals surface area contributed by atoms with E-state index in [2.05, 4.69) is 30.7 Å². The summed E-state index contributed by atoms with van der Waals surface area (Å²) in [6, 6.07) is 9.06. The van der Waals surface area contributed by atoms with E-state index >= 15 is 0 Å². The standard InChI is InChI=1S/C14H9BrF3NO2/c15-13-8(2-1-3-10(13)16)7-19-9-4-5-11-12(6-9)21-14(17,18)20-11/h1-6,19H,7H2. The molecule has 0 saturated heterocycles. The van der Waals surface area contributed by atoms with Gasteiger partial charge in [0.05, 0.1) is 4.47 Å². The minimum Gasteiger partial charge on any atom is -0.395 e. The fraction of sp³-hybridized carbons (Fsp3) is 0.143. The summed E-state index contributed by atoms with van der Waals surface area (Å²) in [6.07, 6.45) is -3.63. The molecule has 3 rings (SSSR count). The van der Waals surface area contributed by atoms with Crippen LogP contribution in [-0.2, 0) is 6.54 Å². The number of benzene rings is 2. The van der Waals surface area contributed by atoms with Crippen molar-refractivity contribution in [2.75, 3.05) is 5.32 Å². The van der Waals surface area contributed by atoms with Crippen LogP contribution in [0.4, 0.5) is 18.9 Å². The third-order valence-corrected chi connectivity index (χ3v) is 3.80. The van der Waals surface area contributed by atoms with E-state index in [9.17, 15) is 13.2 Å². The molecule has 0 bridgehead atoms. The van der Waals surface area contributed by atoms with Crippen LogP contribution in [0.2, 0.25) is 0 Å². The molecular weight excluding hydrogens is 351 g/mol. The molecule has 2 aromatic carbocycles. The lowest BCUT2D eigenvalue weighted by Crippen LogP contribution is -2.25. The SMILES string of the molecule is Fc1cccc(CNc2ccc3c(c2)OC(F)(F)O3)c1Br. The zero-order valence-corrected chi connectivity index (χ0v) is 12.1. The van der Waals surface area contributed by atoms with Gasteiger partial charge in [-0.15, -0.1) is 8.78 Å². The van der Waals surface area contributed by atoms with Gasteiger partial charge in [-0.1, -0.05) is 12.1 Å². The van der Waals surface area contributed by atoms with Gasteiger partial charge >= 0.3 is 6.29 Å².